The second kappa shape index (κ2) is 6.49. The second-order valence-corrected chi connectivity index (χ2v) is 5.98. The van der Waals surface area contributed by atoms with Crippen molar-refractivity contribution in [3.8, 4) is 11.6 Å². The van der Waals surface area contributed by atoms with Crippen molar-refractivity contribution >= 4 is 5.91 Å². The summed E-state index contributed by atoms with van der Waals surface area (Å²) in [5, 5.41) is 12.3. The number of aromatic nitrogens is 4. The molecule has 0 saturated carbocycles. The summed E-state index contributed by atoms with van der Waals surface area (Å²) in [7, 11) is 3.91. The predicted octanol–water partition coefficient (Wildman–Crippen LogP) is 0.485. The van der Waals surface area contributed by atoms with E-state index in [0.29, 0.717) is 24.6 Å². The van der Waals surface area contributed by atoms with Crippen molar-refractivity contribution in [2.24, 2.45) is 7.05 Å². The molecule has 8 heteroatoms. The van der Waals surface area contributed by atoms with E-state index in [1.54, 1.807) is 4.68 Å². The number of hydrogen-bond donors (Lipinski definition) is 0. The molecule has 0 atom stereocenters. The fraction of sp³-hybridized carbons (Fsp3) is 0.600. The number of rotatable bonds is 4. The van der Waals surface area contributed by atoms with Crippen molar-refractivity contribution in [2.45, 2.75) is 19.8 Å². The molecule has 2 aromatic heterocycles. The van der Waals surface area contributed by atoms with Crippen molar-refractivity contribution in [2.75, 3.05) is 33.2 Å². The average molecular weight is 318 g/mol. The van der Waals surface area contributed by atoms with E-state index in [-0.39, 0.29) is 5.91 Å². The highest BCUT2D eigenvalue weighted by Gasteiger charge is 2.20. The lowest BCUT2D eigenvalue weighted by molar-refractivity contribution is -0.132. The second-order valence-electron chi connectivity index (χ2n) is 5.98. The molecule has 0 bridgehead atoms. The molecule has 0 spiro atoms. The van der Waals surface area contributed by atoms with E-state index >= 15 is 0 Å². The van der Waals surface area contributed by atoms with Crippen LogP contribution in [0.5, 0.6) is 0 Å². The monoisotopic (exact) mass is 318 g/mol. The Labute approximate surface area is 135 Å². The molecule has 1 saturated heterocycles. The first-order valence-corrected chi connectivity index (χ1v) is 7.82. The van der Waals surface area contributed by atoms with Gasteiger partial charge in [0, 0.05) is 46.1 Å². The maximum atomic E-state index is 12.2. The maximum absolute atomic E-state index is 12.2. The quantitative estimate of drug-likeness (QED) is 0.816. The van der Waals surface area contributed by atoms with Crippen molar-refractivity contribution < 1.29 is 9.21 Å². The Morgan fingerprint density at radius 2 is 1.96 bits per heavy atom. The molecular weight excluding hydrogens is 296 g/mol. The van der Waals surface area contributed by atoms with Gasteiger partial charge in [-0.25, -0.2) is 0 Å². The van der Waals surface area contributed by atoms with Crippen molar-refractivity contribution in [3.05, 3.63) is 17.7 Å². The number of amides is 1. The molecule has 23 heavy (non-hydrogen) atoms. The van der Waals surface area contributed by atoms with Crippen LogP contribution in [-0.2, 0) is 18.3 Å². The van der Waals surface area contributed by atoms with Gasteiger partial charge in [-0.05, 0) is 20.0 Å². The molecule has 2 aromatic rings. The number of piperazine rings is 1. The minimum atomic E-state index is 0.147. The maximum Gasteiger partial charge on any atom is 0.265 e. The van der Waals surface area contributed by atoms with Gasteiger partial charge >= 0.3 is 0 Å². The topological polar surface area (TPSA) is 80.3 Å². The molecule has 3 rings (SSSR count). The minimum Gasteiger partial charge on any atom is -0.419 e. The molecule has 0 aromatic carbocycles. The molecule has 1 amide bonds. The Morgan fingerprint density at radius 1 is 1.22 bits per heavy atom. The zero-order valence-electron chi connectivity index (χ0n) is 13.8. The SMILES string of the molecule is Cc1cc(-c2nnc(CCC(=O)N3CCN(C)CC3)o2)n(C)n1. The fourth-order valence-electron chi connectivity index (χ4n) is 2.70. The van der Waals surface area contributed by atoms with Crippen LogP contribution in [0.15, 0.2) is 10.5 Å². The van der Waals surface area contributed by atoms with Gasteiger partial charge in [-0.1, -0.05) is 0 Å². The number of nitrogens with zero attached hydrogens (tertiary/aromatic N) is 6. The van der Waals surface area contributed by atoms with Gasteiger partial charge in [0.15, 0.2) is 0 Å². The van der Waals surface area contributed by atoms with Crippen LogP contribution in [-0.4, -0.2) is 68.9 Å². The van der Waals surface area contributed by atoms with Crippen molar-refractivity contribution in [1.82, 2.24) is 29.8 Å². The lowest BCUT2D eigenvalue weighted by Crippen LogP contribution is -2.47. The molecule has 1 aliphatic heterocycles. The lowest BCUT2D eigenvalue weighted by atomic mass is 10.2. The summed E-state index contributed by atoms with van der Waals surface area (Å²) in [6.07, 6.45) is 0.866. The van der Waals surface area contributed by atoms with Gasteiger partial charge in [-0.3, -0.25) is 9.48 Å². The minimum absolute atomic E-state index is 0.147. The van der Waals surface area contributed by atoms with E-state index in [0.717, 1.165) is 37.6 Å². The standard InChI is InChI=1S/C15H22N6O2/c1-11-10-12(20(3)18-11)15-17-16-13(23-15)4-5-14(22)21-8-6-19(2)7-9-21/h10H,4-9H2,1-3H3. The van der Waals surface area contributed by atoms with Crippen LogP contribution in [0, 0.1) is 6.92 Å². The summed E-state index contributed by atoms with van der Waals surface area (Å²) in [6, 6.07) is 1.90. The highest BCUT2D eigenvalue weighted by Crippen LogP contribution is 2.18. The van der Waals surface area contributed by atoms with Gasteiger partial charge in [0.2, 0.25) is 11.8 Å². The third-order valence-corrected chi connectivity index (χ3v) is 4.10. The predicted molar refractivity (Wildman–Crippen MR) is 83.6 cm³/mol. The van der Waals surface area contributed by atoms with Crippen LogP contribution in [0.25, 0.3) is 11.6 Å². The van der Waals surface area contributed by atoms with E-state index in [1.165, 1.54) is 0 Å². The summed E-state index contributed by atoms with van der Waals surface area (Å²) < 4.78 is 7.37. The van der Waals surface area contributed by atoms with Crippen molar-refractivity contribution in [3.63, 3.8) is 0 Å². The molecule has 0 radical (unpaired) electrons. The van der Waals surface area contributed by atoms with E-state index < -0.39 is 0 Å². The molecule has 0 aliphatic carbocycles. The first kappa shape index (κ1) is 15.7. The fourth-order valence-corrected chi connectivity index (χ4v) is 2.70. The van der Waals surface area contributed by atoms with Gasteiger partial charge in [-0.2, -0.15) is 5.10 Å². The van der Waals surface area contributed by atoms with Crippen molar-refractivity contribution in [1.29, 1.82) is 0 Å². The largest absolute Gasteiger partial charge is 0.419 e. The van der Waals surface area contributed by atoms with Crippen LogP contribution >= 0.6 is 0 Å². The summed E-state index contributed by atoms with van der Waals surface area (Å²) >= 11 is 0. The van der Waals surface area contributed by atoms with Gasteiger partial charge in [0.05, 0.1) is 5.69 Å². The molecule has 0 N–H and O–H groups in total. The van der Waals surface area contributed by atoms with Gasteiger partial charge in [-0.15, -0.1) is 10.2 Å². The smallest absolute Gasteiger partial charge is 0.265 e. The third-order valence-electron chi connectivity index (χ3n) is 4.10. The first-order valence-electron chi connectivity index (χ1n) is 7.82. The van der Waals surface area contributed by atoms with E-state index in [2.05, 4.69) is 27.2 Å². The molecule has 0 unspecified atom stereocenters. The normalized spacial score (nSPS) is 16.0. The van der Waals surface area contributed by atoms with Gasteiger partial charge in [0.25, 0.3) is 5.89 Å². The lowest BCUT2D eigenvalue weighted by Gasteiger charge is -2.32. The van der Waals surface area contributed by atoms with Gasteiger partial charge < -0.3 is 14.2 Å². The molecule has 8 nitrogen and oxygen atoms in total. The zero-order valence-corrected chi connectivity index (χ0v) is 13.8. The number of hydrogen-bond acceptors (Lipinski definition) is 6. The number of likely N-dealkylation sites (N-methyl/N-ethyl adjacent to an activating group) is 1. The average Bonchev–Trinajstić information content (AvgIpc) is 3.11. The van der Waals surface area contributed by atoms with Crippen LogP contribution in [0.4, 0.5) is 0 Å². The highest BCUT2D eigenvalue weighted by molar-refractivity contribution is 5.76. The Kier molecular flexibility index (Phi) is 4.42. The number of carbonyl (C=O) groups excluding carboxylic acids is 1. The Bertz CT molecular complexity index is 684. The number of aryl methyl sites for hydroxylation is 3. The Morgan fingerprint density at radius 3 is 2.61 bits per heavy atom. The molecule has 1 fully saturated rings. The summed E-state index contributed by atoms with van der Waals surface area (Å²) in [4.78, 5) is 16.3. The third kappa shape index (κ3) is 3.58. The molecule has 1 aliphatic rings. The summed E-state index contributed by atoms with van der Waals surface area (Å²) in [6.45, 7) is 5.35. The van der Waals surface area contributed by atoms with E-state index in [4.69, 9.17) is 4.42 Å². The van der Waals surface area contributed by atoms with E-state index in [9.17, 15) is 4.79 Å². The zero-order chi connectivity index (χ0) is 16.4. The van der Waals surface area contributed by atoms with Crippen LogP contribution in [0.1, 0.15) is 18.0 Å². The molecule has 124 valence electrons. The Balaban J connectivity index is 1.57. The Hall–Kier alpha value is -2.22. The highest BCUT2D eigenvalue weighted by atomic mass is 16.4. The summed E-state index contributed by atoms with van der Waals surface area (Å²) in [5.74, 6) is 1.07. The van der Waals surface area contributed by atoms with E-state index in [1.807, 2.05) is 24.9 Å². The first-order chi connectivity index (χ1) is 11.0. The summed E-state index contributed by atoms with van der Waals surface area (Å²) in [5.41, 5.74) is 1.68. The molecular formula is C15H22N6O2. The van der Waals surface area contributed by atoms with Crippen LogP contribution in [0.3, 0.4) is 0 Å². The van der Waals surface area contributed by atoms with Gasteiger partial charge in [0.1, 0.15) is 5.69 Å². The number of carbonyl (C=O) groups is 1. The van der Waals surface area contributed by atoms with Crippen LogP contribution in [0.2, 0.25) is 0 Å². The van der Waals surface area contributed by atoms with Crippen LogP contribution < -0.4 is 0 Å². The molecule has 3 heterocycles.